The summed E-state index contributed by atoms with van der Waals surface area (Å²) in [7, 11) is 3.01. The highest BCUT2D eigenvalue weighted by molar-refractivity contribution is 7.12. The molecule has 0 spiro atoms. The number of furan rings is 1. The van der Waals surface area contributed by atoms with E-state index >= 15 is 0 Å². The first kappa shape index (κ1) is 20.6. The highest BCUT2D eigenvalue weighted by Crippen LogP contribution is 2.24. The van der Waals surface area contributed by atoms with E-state index in [1.807, 2.05) is 5.38 Å². The van der Waals surface area contributed by atoms with Crippen LogP contribution in [0.15, 0.2) is 40.3 Å². The summed E-state index contributed by atoms with van der Waals surface area (Å²) < 4.78 is 11.9. The predicted octanol–water partition coefficient (Wildman–Crippen LogP) is 3.61. The van der Waals surface area contributed by atoms with Crippen LogP contribution in [0, 0.1) is 13.8 Å². The number of aromatic nitrogens is 1. The highest BCUT2D eigenvalue weighted by atomic mass is 32.1. The Morgan fingerprint density at radius 1 is 1.21 bits per heavy atom. The number of thiophene rings is 1. The third-order valence-electron chi connectivity index (χ3n) is 4.87. The molecular formula is C21H22N2O5S. The van der Waals surface area contributed by atoms with E-state index in [4.69, 9.17) is 9.15 Å². The summed E-state index contributed by atoms with van der Waals surface area (Å²) in [5.74, 6) is -0.417. The van der Waals surface area contributed by atoms with Gasteiger partial charge in [-0.15, -0.1) is 11.3 Å². The Kier molecular flexibility index (Phi) is 6.03. The van der Waals surface area contributed by atoms with Crippen molar-refractivity contribution in [2.75, 3.05) is 13.7 Å². The van der Waals surface area contributed by atoms with Gasteiger partial charge in [-0.05, 0) is 43.0 Å². The van der Waals surface area contributed by atoms with Crippen molar-refractivity contribution in [3.05, 3.63) is 69.1 Å². The number of ether oxygens (including phenoxy) is 1. The SMILES string of the molecule is COC(=O)c1c(C)c(C(=O)CN(Cc2ccco2)C(=O)c2cccs2)c(C)n1C. The molecule has 0 saturated carbocycles. The van der Waals surface area contributed by atoms with Gasteiger partial charge in [0.15, 0.2) is 5.78 Å². The second-order valence-corrected chi connectivity index (χ2v) is 7.57. The lowest BCUT2D eigenvalue weighted by Gasteiger charge is -2.20. The third-order valence-corrected chi connectivity index (χ3v) is 5.73. The van der Waals surface area contributed by atoms with Crippen LogP contribution in [-0.4, -0.2) is 40.8 Å². The quantitative estimate of drug-likeness (QED) is 0.436. The maximum Gasteiger partial charge on any atom is 0.354 e. The number of rotatable bonds is 7. The van der Waals surface area contributed by atoms with Crippen molar-refractivity contribution in [3.8, 4) is 0 Å². The molecule has 0 bridgehead atoms. The maximum absolute atomic E-state index is 13.2. The van der Waals surface area contributed by atoms with Crippen LogP contribution in [0.2, 0.25) is 0 Å². The van der Waals surface area contributed by atoms with E-state index in [9.17, 15) is 14.4 Å². The van der Waals surface area contributed by atoms with Gasteiger partial charge in [-0.25, -0.2) is 4.79 Å². The summed E-state index contributed by atoms with van der Waals surface area (Å²) >= 11 is 1.32. The first-order valence-corrected chi connectivity index (χ1v) is 9.85. The number of esters is 1. The van der Waals surface area contributed by atoms with Gasteiger partial charge in [0.25, 0.3) is 5.91 Å². The minimum atomic E-state index is -0.505. The van der Waals surface area contributed by atoms with E-state index in [-0.39, 0.29) is 24.8 Å². The molecule has 7 nitrogen and oxygen atoms in total. The number of ketones is 1. The van der Waals surface area contributed by atoms with Crippen molar-refractivity contribution in [2.24, 2.45) is 7.05 Å². The Bertz CT molecular complexity index is 1030. The zero-order valence-electron chi connectivity index (χ0n) is 16.7. The number of hydrogen-bond acceptors (Lipinski definition) is 6. The van der Waals surface area contributed by atoms with Gasteiger partial charge in [0.2, 0.25) is 0 Å². The van der Waals surface area contributed by atoms with E-state index < -0.39 is 5.97 Å². The molecule has 0 aliphatic rings. The van der Waals surface area contributed by atoms with Crippen LogP contribution < -0.4 is 0 Å². The number of nitrogens with zero attached hydrogens (tertiary/aromatic N) is 2. The van der Waals surface area contributed by atoms with Gasteiger partial charge in [-0.3, -0.25) is 9.59 Å². The first-order chi connectivity index (χ1) is 13.8. The topological polar surface area (TPSA) is 81.8 Å². The Hall–Kier alpha value is -3.13. The summed E-state index contributed by atoms with van der Waals surface area (Å²) in [4.78, 5) is 40.3. The lowest BCUT2D eigenvalue weighted by Crippen LogP contribution is -2.35. The standard InChI is InChI=1S/C21H22N2O5S/c1-13-18(14(2)22(3)19(13)21(26)27-4)16(24)12-23(11-15-7-5-9-28-15)20(25)17-8-6-10-29-17/h5-10H,11-12H2,1-4H3. The van der Waals surface area contributed by atoms with Gasteiger partial charge in [0.05, 0.1) is 31.3 Å². The van der Waals surface area contributed by atoms with Crippen molar-refractivity contribution >= 4 is 29.0 Å². The highest BCUT2D eigenvalue weighted by Gasteiger charge is 2.28. The zero-order chi connectivity index (χ0) is 21.1. The molecule has 0 N–H and O–H groups in total. The van der Waals surface area contributed by atoms with Gasteiger partial charge in [-0.1, -0.05) is 6.07 Å². The van der Waals surface area contributed by atoms with Gasteiger partial charge >= 0.3 is 5.97 Å². The molecular weight excluding hydrogens is 392 g/mol. The smallest absolute Gasteiger partial charge is 0.354 e. The van der Waals surface area contributed by atoms with Gasteiger partial charge in [0, 0.05) is 18.3 Å². The largest absolute Gasteiger partial charge is 0.467 e. The van der Waals surface area contributed by atoms with Crippen LogP contribution >= 0.6 is 11.3 Å². The summed E-state index contributed by atoms with van der Waals surface area (Å²) in [6, 6.07) is 7.01. The maximum atomic E-state index is 13.2. The average Bonchev–Trinajstić information content (AvgIpc) is 3.43. The van der Waals surface area contributed by atoms with Crippen LogP contribution in [0.4, 0.5) is 0 Å². The van der Waals surface area contributed by atoms with Gasteiger partial charge in [-0.2, -0.15) is 0 Å². The van der Waals surface area contributed by atoms with Crippen molar-refractivity contribution in [3.63, 3.8) is 0 Å². The van der Waals surface area contributed by atoms with Crippen molar-refractivity contribution < 1.29 is 23.5 Å². The summed E-state index contributed by atoms with van der Waals surface area (Å²) in [6.45, 7) is 3.52. The molecule has 1 amide bonds. The Labute approximate surface area is 172 Å². The first-order valence-electron chi connectivity index (χ1n) is 8.97. The van der Waals surface area contributed by atoms with Crippen LogP contribution in [0.5, 0.6) is 0 Å². The lowest BCUT2D eigenvalue weighted by atomic mass is 10.0. The molecule has 0 aliphatic heterocycles. The second kappa shape index (κ2) is 8.48. The van der Waals surface area contributed by atoms with E-state index in [0.29, 0.717) is 33.2 Å². The summed E-state index contributed by atoms with van der Waals surface area (Å²) in [6.07, 6.45) is 1.53. The van der Waals surface area contributed by atoms with E-state index in [2.05, 4.69) is 0 Å². The second-order valence-electron chi connectivity index (χ2n) is 6.63. The Morgan fingerprint density at radius 2 is 1.97 bits per heavy atom. The van der Waals surface area contributed by atoms with Crippen LogP contribution in [0.3, 0.4) is 0 Å². The van der Waals surface area contributed by atoms with Crippen LogP contribution in [-0.2, 0) is 18.3 Å². The molecule has 0 aromatic carbocycles. The van der Waals surface area contributed by atoms with E-state index in [1.54, 1.807) is 49.7 Å². The summed E-state index contributed by atoms with van der Waals surface area (Å²) in [5.41, 5.74) is 1.95. The zero-order valence-corrected chi connectivity index (χ0v) is 17.5. The lowest BCUT2D eigenvalue weighted by molar-refractivity contribution is 0.0588. The molecule has 29 heavy (non-hydrogen) atoms. The fraction of sp³-hybridized carbons (Fsp3) is 0.286. The monoisotopic (exact) mass is 414 g/mol. The number of carbonyl (C=O) groups is 3. The molecule has 152 valence electrons. The van der Waals surface area contributed by atoms with Crippen molar-refractivity contribution in [1.82, 2.24) is 9.47 Å². The Morgan fingerprint density at radius 3 is 2.55 bits per heavy atom. The Balaban J connectivity index is 1.93. The molecule has 0 aliphatic carbocycles. The van der Waals surface area contributed by atoms with E-state index in [1.165, 1.54) is 29.6 Å². The average molecular weight is 414 g/mol. The van der Waals surface area contributed by atoms with E-state index in [0.717, 1.165) is 0 Å². The molecule has 0 unspecified atom stereocenters. The third kappa shape index (κ3) is 4.02. The fourth-order valence-corrected chi connectivity index (χ4v) is 4.06. The minimum absolute atomic E-state index is 0.135. The molecule has 3 rings (SSSR count). The fourth-order valence-electron chi connectivity index (χ4n) is 3.37. The van der Waals surface area contributed by atoms with Crippen LogP contribution in [0.25, 0.3) is 0 Å². The number of methoxy groups -OCH3 is 1. The van der Waals surface area contributed by atoms with Gasteiger partial charge in [0.1, 0.15) is 11.5 Å². The van der Waals surface area contributed by atoms with Gasteiger partial charge < -0.3 is 18.6 Å². The molecule has 0 radical (unpaired) electrons. The molecule has 8 heteroatoms. The van der Waals surface area contributed by atoms with Crippen LogP contribution in [0.1, 0.15) is 47.5 Å². The number of amides is 1. The number of Topliss-reactive ketones (excluding diaryl/α,β-unsaturated/α-hetero) is 1. The molecule has 3 aromatic heterocycles. The molecule has 0 saturated heterocycles. The number of hydrogen-bond donors (Lipinski definition) is 0. The van der Waals surface area contributed by atoms with Crippen molar-refractivity contribution in [1.29, 1.82) is 0 Å². The molecule has 3 aromatic rings. The minimum Gasteiger partial charge on any atom is -0.467 e. The summed E-state index contributed by atoms with van der Waals surface area (Å²) in [5, 5.41) is 1.81. The number of carbonyl (C=O) groups excluding carboxylic acids is 3. The predicted molar refractivity (Wildman–Crippen MR) is 108 cm³/mol. The molecule has 3 heterocycles. The normalized spacial score (nSPS) is 10.8. The molecule has 0 fully saturated rings. The molecule has 0 atom stereocenters. The van der Waals surface area contributed by atoms with Crippen molar-refractivity contribution in [2.45, 2.75) is 20.4 Å².